The molecule has 0 aliphatic carbocycles. The second kappa shape index (κ2) is 6.35. The molecule has 20 heavy (non-hydrogen) atoms. The molecule has 2 aromatic rings. The van der Waals surface area contributed by atoms with E-state index in [4.69, 9.17) is 0 Å². The monoisotopic (exact) mass is 274 g/mol. The molecule has 0 bridgehead atoms. The topological polar surface area (TPSA) is 42.2 Å². The van der Waals surface area contributed by atoms with Crippen LogP contribution < -0.4 is 5.32 Å². The summed E-state index contributed by atoms with van der Waals surface area (Å²) in [7, 11) is 0. The maximum atomic E-state index is 4.50. The van der Waals surface area contributed by atoms with Crippen molar-refractivity contribution in [2.24, 2.45) is 5.92 Å². The van der Waals surface area contributed by atoms with Crippen molar-refractivity contribution in [1.82, 2.24) is 19.9 Å². The van der Waals surface area contributed by atoms with Crippen LogP contribution >= 0.6 is 0 Å². The summed E-state index contributed by atoms with van der Waals surface area (Å²) in [6, 6.07) is 2.32. The van der Waals surface area contributed by atoms with Crippen molar-refractivity contribution in [1.29, 1.82) is 0 Å². The third-order valence-electron chi connectivity index (χ3n) is 3.76. The van der Waals surface area contributed by atoms with E-state index in [1.807, 2.05) is 23.7 Å². The molecule has 1 N–H and O–H groups in total. The largest absolute Gasteiger partial charge is 0.310 e. The first-order valence-electron chi connectivity index (χ1n) is 7.54. The first-order chi connectivity index (χ1) is 9.49. The fraction of sp³-hybridized carbons (Fsp3) is 0.625. The highest BCUT2D eigenvalue weighted by Gasteiger charge is 2.12. The predicted octanol–water partition coefficient (Wildman–Crippen LogP) is 3.43. The summed E-state index contributed by atoms with van der Waals surface area (Å²) in [5.74, 6) is 0.777. The standard InChI is InChI=1S/C16H26N4/c1-11(2)7-6-8-17-13(4)15-10-18-16-9-12(3)19-20(16)14(15)5/h9-11,13,17H,6-8H2,1-5H3. The smallest absolute Gasteiger partial charge is 0.155 e. The average Bonchev–Trinajstić information content (AvgIpc) is 2.76. The summed E-state index contributed by atoms with van der Waals surface area (Å²) in [4.78, 5) is 4.50. The van der Waals surface area contributed by atoms with Crippen LogP contribution in [-0.4, -0.2) is 21.1 Å². The molecule has 4 nitrogen and oxygen atoms in total. The Morgan fingerprint density at radius 2 is 2.00 bits per heavy atom. The van der Waals surface area contributed by atoms with E-state index in [-0.39, 0.29) is 0 Å². The molecule has 110 valence electrons. The molecule has 0 aliphatic rings. The van der Waals surface area contributed by atoms with E-state index in [1.54, 1.807) is 0 Å². The molecule has 0 aromatic carbocycles. The average molecular weight is 274 g/mol. The summed E-state index contributed by atoms with van der Waals surface area (Å²) < 4.78 is 1.94. The van der Waals surface area contributed by atoms with Crippen molar-refractivity contribution in [3.05, 3.63) is 29.2 Å². The summed E-state index contributed by atoms with van der Waals surface area (Å²) in [6.07, 6.45) is 4.47. The highest BCUT2D eigenvalue weighted by Crippen LogP contribution is 2.18. The molecule has 0 aliphatic heterocycles. The molecule has 2 rings (SSSR count). The lowest BCUT2D eigenvalue weighted by Crippen LogP contribution is -2.22. The lowest BCUT2D eigenvalue weighted by Gasteiger charge is -2.17. The van der Waals surface area contributed by atoms with E-state index in [0.717, 1.165) is 23.8 Å². The molecule has 0 spiro atoms. The van der Waals surface area contributed by atoms with Crippen LogP contribution in [0.5, 0.6) is 0 Å². The van der Waals surface area contributed by atoms with Gasteiger partial charge in [0.15, 0.2) is 5.65 Å². The van der Waals surface area contributed by atoms with E-state index in [9.17, 15) is 0 Å². The van der Waals surface area contributed by atoms with Gasteiger partial charge in [0.2, 0.25) is 0 Å². The SMILES string of the molecule is Cc1cc2ncc(C(C)NCCCC(C)C)c(C)n2n1. The molecule has 1 atom stereocenters. The molecular formula is C16H26N4. The number of rotatable bonds is 6. The Balaban J connectivity index is 2.06. The number of hydrogen-bond donors (Lipinski definition) is 1. The maximum absolute atomic E-state index is 4.50. The van der Waals surface area contributed by atoms with Gasteiger partial charge >= 0.3 is 0 Å². The van der Waals surface area contributed by atoms with Crippen LogP contribution in [0.2, 0.25) is 0 Å². The fourth-order valence-electron chi connectivity index (χ4n) is 2.54. The van der Waals surface area contributed by atoms with Crippen molar-refractivity contribution >= 4 is 5.65 Å². The van der Waals surface area contributed by atoms with Gasteiger partial charge in [-0.25, -0.2) is 9.50 Å². The van der Waals surface area contributed by atoms with E-state index < -0.39 is 0 Å². The fourth-order valence-corrected chi connectivity index (χ4v) is 2.54. The lowest BCUT2D eigenvalue weighted by atomic mass is 10.1. The van der Waals surface area contributed by atoms with Gasteiger partial charge in [-0.15, -0.1) is 0 Å². The number of nitrogens with zero attached hydrogens (tertiary/aromatic N) is 3. The normalized spacial score (nSPS) is 13.3. The second-order valence-electron chi connectivity index (χ2n) is 6.07. The molecule has 0 saturated carbocycles. The molecule has 1 unspecified atom stereocenters. The zero-order valence-electron chi connectivity index (χ0n) is 13.3. The number of aryl methyl sites for hydroxylation is 2. The lowest BCUT2D eigenvalue weighted by molar-refractivity contribution is 0.494. The zero-order valence-corrected chi connectivity index (χ0v) is 13.3. The molecule has 0 fully saturated rings. The van der Waals surface area contributed by atoms with Gasteiger partial charge < -0.3 is 5.32 Å². The highest BCUT2D eigenvalue weighted by atomic mass is 15.3. The van der Waals surface area contributed by atoms with Crippen molar-refractivity contribution in [2.45, 2.75) is 53.5 Å². The van der Waals surface area contributed by atoms with Gasteiger partial charge in [0.05, 0.1) is 5.69 Å². The van der Waals surface area contributed by atoms with Crippen LogP contribution in [0.15, 0.2) is 12.3 Å². The molecule has 4 heteroatoms. The van der Waals surface area contributed by atoms with Crippen molar-refractivity contribution in [2.75, 3.05) is 6.54 Å². The van der Waals surface area contributed by atoms with Crippen molar-refractivity contribution in [3.8, 4) is 0 Å². The summed E-state index contributed by atoms with van der Waals surface area (Å²) in [5.41, 5.74) is 4.34. The molecular weight excluding hydrogens is 248 g/mol. The number of aromatic nitrogens is 3. The van der Waals surface area contributed by atoms with Crippen LogP contribution in [-0.2, 0) is 0 Å². The third-order valence-corrected chi connectivity index (χ3v) is 3.76. The maximum Gasteiger partial charge on any atom is 0.155 e. The van der Waals surface area contributed by atoms with Gasteiger partial charge in [0.25, 0.3) is 0 Å². The summed E-state index contributed by atoms with van der Waals surface area (Å²) >= 11 is 0. The van der Waals surface area contributed by atoms with E-state index >= 15 is 0 Å². The Labute approximate surface area is 121 Å². The quantitative estimate of drug-likeness (QED) is 0.821. The van der Waals surface area contributed by atoms with Crippen LogP contribution in [0, 0.1) is 19.8 Å². The number of hydrogen-bond acceptors (Lipinski definition) is 3. The number of nitrogens with one attached hydrogen (secondary N) is 1. The Morgan fingerprint density at radius 3 is 2.70 bits per heavy atom. The molecule has 2 heterocycles. The molecule has 0 saturated heterocycles. The summed E-state index contributed by atoms with van der Waals surface area (Å²) in [6.45, 7) is 11.9. The van der Waals surface area contributed by atoms with Gasteiger partial charge in [-0.3, -0.25) is 0 Å². The minimum absolute atomic E-state index is 0.309. The van der Waals surface area contributed by atoms with Crippen LogP contribution in [0.1, 0.15) is 56.6 Å². The van der Waals surface area contributed by atoms with Crippen LogP contribution in [0.25, 0.3) is 5.65 Å². The van der Waals surface area contributed by atoms with Crippen LogP contribution in [0.4, 0.5) is 0 Å². The first-order valence-corrected chi connectivity index (χ1v) is 7.54. The molecule has 2 aromatic heterocycles. The predicted molar refractivity (Wildman–Crippen MR) is 83.0 cm³/mol. The highest BCUT2D eigenvalue weighted by molar-refractivity contribution is 5.42. The minimum atomic E-state index is 0.309. The van der Waals surface area contributed by atoms with Gasteiger partial charge in [0, 0.05) is 29.6 Å². The van der Waals surface area contributed by atoms with Gasteiger partial charge in [-0.1, -0.05) is 13.8 Å². The van der Waals surface area contributed by atoms with Crippen molar-refractivity contribution in [3.63, 3.8) is 0 Å². The van der Waals surface area contributed by atoms with Gasteiger partial charge in [-0.05, 0) is 46.1 Å². The summed E-state index contributed by atoms with van der Waals surface area (Å²) in [5, 5.41) is 8.09. The van der Waals surface area contributed by atoms with Crippen LogP contribution in [0.3, 0.4) is 0 Å². The second-order valence-corrected chi connectivity index (χ2v) is 6.07. The minimum Gasteiger partial charge on any atom is -0.310 e. The number of fused-ring (bicyclic) bond motifs is 1. The first kappa shape index (κ1) is 15.0. The van der Waals surface area contributed by atoms with E-state index in [0.29, 0.717) is 6.04 Å². The molecule has 0 radical (unpaired) electrons. The Bertz CT molecular complexity index is 571. The Hall–Kier alpha value is -1.42. The van der Waals surface area contributed by atoms with E-state index in [1.165, 1.54) is 24.1 Å². The Morgan fingerprint density at radius 1 is 1.25 bits per heavy atom. The van der Waals surface area contributed by atoms with E-state index in [2.05, 4.69) is 43.1 Å². The van der Waals surface area contributed by atoms with Crippen molar-refractivity contribution < 1.29 is 0 Å². The van der Waals surface area contributed by atoms with Gasteiger partial charge in [0.1, 0.15) is 0 Å². The van der Waals surface area contributed by atoms with Gasteiger partial charge in [-0.2, -0.15) is 5.10 Å². The Kier molecular flexibility index (Phi) is 4.76. The zero-order chi connectivity index (χ0) is 14.7. The molecule has 0 amide bonds. The third kappa shape index (κ3) is 3.37.